The number of aliphatic carboxylic acids is 1. The predicted molar refractivity (Wildman–Crippen MR) is 67.9 cm³/mol. The molecule has 112 valence electrons. The Morgan fingerprint density at radius 2 is 1.90 bits per heavy atom. The van der Waals surface area contributed by atoms with E-state index in [4.69, 9.17) is 5.11 Å². The van der Waals surface area contributed by atoms with Gasteiger partial charge in [0.1, 0.15) is 0 Å². The van der Waals surface area contributed by atoms with Crippen LogP contribution in [0.3, 0.4) is 0 Å². The van der Waals surface area contributed by atoms with Crippen LogP contribution in [0.25, 0.3) is 10.9 Å². The summed E-state index contributed by atoms with van der Waals surface area (Å²) in [4.78, 5) is 25.6. The molecule has 0 saturated heterocycles. The number of hydrogen-bond acceptors (Lipinski definition) is 2. The number of nitrogens with one attached hydrogen (secondary N) is 2. The second kappa shape index (κ2) is 4.80. The summed E-state index contributed by atoms with van der Waals surface area (Å²) in [5, 5.41) is 10.9. The zero-order valence-corrected chi connectivity index (χ0v) is 10.8. The predicted octanol–water partition coefficient (Wildman–Crippen LogP) is 2.30. The largest absolute Gasteiger partial charge is 0.479 e. The molecule has 0 spiro atoms. The molecule has 1 amide bonds. The molecule has 0 saturated carbocycles. The summed E-state index contributed by atoms with van der Waals surface area (Å²) >= 11 is 0. The first-order chi connectivity index (χ1) is 9.65. The number of carbonyl (C=O) groups excluding carboxylic acids is 1. The third-order valence-electron chi connectivity index (χ3n) is 3.17. The number of H-pyrrole nitrogens is 1. The van der Waals surface area contributed by atoms with Crippen molar-refractivity contribution in [1.29, 1.82) is 0 Å². The van der Waals surface area contributed by atoms with E-state index in [2.05, 4.69) is 4.98 Å². The molecule has 0 aliphatic rings. The summed E-state index contributed by atoms with van der Waals surface area (Å²) < 4.78 is 38.5. The van der Waals surface area contributed by atoms with Gasteiger partial charge in [-0.05, 0) is 31.2 Å². The van der Waals surface area contributed by atoms with Crippen LogP contribution in [-0.2, 0) is 4.79 Å². The second-order valence-corrected chi connectivity index (χ2v) is 4.66. The summed E-state index contributed by atoms with van der Waals surface area (Å²) in [6.45, 7) is 0.405. The average molecular weight is 300 g/mol. The number of amides is 1. The first-order valence-corrected chi connectivity index (χ1v) is 5.85. The minimum Gasteiger partial charge on any atom is -0.479 e. The molecule has 0 aliphatic carbocycles. The SMILES string of the molecule is CC(NC(=O)c1ccc2[nH]ccc2c1)(C(=O)O)C(F)(F)F. The van der Waals surface area contributed by atoms with Crippen molar-refractivity contribution in [3.63, 3.8) is 0 Å². The Hall–Kier alpha value is -2.51. The molecule has 5 nitrogen and oxygen atoms in total. The topological polar surface area (TPSA) is 82.2 Å². The lowest BCUT2D eigenvalue weighted by Crippen LogP contribution is -2.61. The van der Waals surface area contributed by atoms with Crippen molar-refractivity contribution in [2.75, 3.05) is 0 Å². The van der Waals surface area contributed by atoms with Gasteiger partial charge in [0.25, 0.3) is 5.91 Å². The third kappa shape index (κ3) is 2.56. The zero-order valence-electron chi connectivity index (χ0n) is 10.8. The quantitative estimate of drug-likeness (QED) is 0.813. The van der Waals surface area contributed by atoms with Crippen molar-refractivity contribution >= 4 is 22.8 Å². The maximum Gasteiger partial charge on any atom is 0.422 e. The number of carbonyl (C=O) groups is 2. The average Bonchev–Trinajstić information content (AvgIpc) is 2.83. The van der Waals surface area contributed by atoms with Crippen molar-refractivity contribution in [2.24, 2.45) is 0 Å². The maximum absolute atomic E-state index is 12.8. The molecule has 1 aromatic carbocycles. The van der Waals surface area contributed by atoms with Crippen molar-refractivity contribution in [1.82, 2.24) is 10.3 Å². The highest BCUT2D eigenvalue weighted by Gasteiger charge is 2.58. The number of alkyl halides is 3. The molecule has 1 aromatic heterocycles. The van der Waals surface area contributed by atoms with Gasteiger partial charge < -0.3 is 15.4 Å². The highest BCUT2D eigenvalue weighted by atomic mass is 19.4. The molecule has 1 atom stereocenters. The molecule has 1 unspecified atom stereocenters. The number of fused-ring (bicyclic) bond motifs is 1. The standard InChI is InChI=1S/C13H11F3N2O3/c1-12(11(20)21,13(14,15)16)18-10(19)8-2-3-9-7(6-8)4-5-17-9/h2-6,17H,1H3,(H,18,19)(H,20,21). The summed E-state index contributed by atoms with van der Waals surface area (Å²) in [7, 11) is 0. The molecule has 0 fully saturated rings. The van der Waals surface area contributed by atoms with E-state index in [0.29, 0.717) is 17.8 Å². The van der Waals surface area contributed by atoms with Gasteiger partial charge in [0, 0.05) is 22.7 Å². The normalized spacial score (nSPS) is 14.7. The van der Waals surface area contributed by atoms with Gasteiger partial charge in [-0.15, -0.1) is 0 Å². The highest BCUT2D eigenvalue weighted by Crippen LogP contribution is 2.30. The van der Waals surface area contributed by atoms with Gasteiger partial charge in [-0.3, -0.25) is 4.79 Å². The Kier molecular flexibility index (Phi) is 3.40. The van der Waals surface area contributed by atoms with Crippen LogP contribution in [0.1, 0.15) is 17.3 Å². The molecule has 0 bridgehead atoms. The summed E-state index contributed by atoms with van der Waals surface area (Å²) in [5.74, 6) is -3.29. The van der Waals surface area contributed by atoms with E-state index in [9.17, 15) is 22.8 Å². The van der Waals surface area contributed by atoms with Gasteiger partial charge in [0.05, 0.1) is 0 Å². The molecule has 3 N–H and O–H groups in total. The second-order valence-electron chi connectivity index (χ2n) is 4.66. The van der Waals surface area contributed by atoms with Crippen LogP contribution in [0.4, 0.5) is 13.2 Å². The van der Waals surface area contributed by atoms with E-state index in [1.165, 1.54) is 23.5 Å². The molecule has 1 heterocycles. The van der Waals surface area contributed by atoms with Crippen LogP contribution in [0.2, 0.25) is 0 Å². The van der Waals surface area contributed by atoms with Gasteiger partial charge in [-0.25, -0.2) is 4.79 Å². The van der Waals surface area contributed by atoms with E-state index < -0.39 is 23.6 Å². The van der Waals surface area contributed by atoms with Crippen molar-refractivity contribution < 1.29 is 27.9 Å². The Bertz CT molecular complexity index is 708. The van der Waals surface area contributed by atoms with E-state index in [-0.39, 0.29) is 5.56 Å². The van der Waals surface area contributed by atoms with Crippen molar-refractivity contribution in [2.45, 2.75) is 18.6 Å². The maximum atomic E-state index is 12.8. The number of carboxylic acid groups (broad SMARTS) is 1. The summed E-state index contributed by atoms with van der Waals surface area (Å²) in [6.07, 6.45) is -3.50. The molecule has 21 heavy (non-hydrogen) atoms. The first kappa shape index (κ1) is 14.9. The van der Waals surface area contributed by atoms with Gasteiger partial charge >= 0.3 is 12.1 Å². The van der Waals surface area contributed by atoms with Gasteiger partial charge in [0.2, 0.25) is 5.54 Å². The number of hydrogen-bond donors (Lipinski definition) is 3. The number of carboxylic acids is 1. The lowest BCUT2D eigenvalue weighted by molar-refractivity contribution is -0.203. The van der Waals surface area contributed by atoms with E-state index in [1.54, 1.807) is 12.3 Å². The van der Waals surface area contributed by atoms with Gasteiger partial charge in [-0.2, -0.15) is 13.2 Å². The number of halogens is 3. The molecule has 8 heteroatoms. The fourth-order valence-electron chi connectivity index (χ4n) is 1.74. The Morgan fingerprint density at radius 3 is 2.48 bits per heavy atom. The smallest absolute Gasteiger partial charge is 0.422 e. The van der Waals surface area contributed by atoms with E-state index in [0.717, 1.165) is 0 Å². The monoisotopic (exact) mass is 300 g/mol. The van der Waals surface area contributed by atoms with Crippen LogP contribution >= 0.6 is 0 Å². The first-order valence-electron chi connectivity index (χ1n) is 5.85. The minimum absolute atomic E-state index is 0.0566. The Labute approximate surface area is 116 Å². The van der Waals surface area contributed by atoms with Crippen LogP contribution < -0.4 is 5.32 Å². The Morgan fingerprint density at radius 1 is 1.24 bits per heavy atom. The lowest BCUT2D eigenvalue weighted by atomic mass is 10.0. The van der Waals surface area contributed by atoms with Crippen molar-refractivity contribution in [3.05, 3.63) is 36.0 Å². The van der Waals surface area contributed by atoms with Gasteiger partial charge in [0.15, 0.2) is 0 Å². The molecule has 0 aliphatic heterocycles. The van der Waals surface area contributed by atoms with Crippen LogP contribution in [0.5, 0.6) is 0 Å². The molecule has 0 radical (unpaired) electrons. The number of rotatable bonds is 3. The van der Waals surface area contributed by atoms with Crippen LogP contribution in [0, 0.1) is 0 Å². The third-order valence-corrected chi connectivity index (χ3v) is 3.17. The van der Waals surface area contributed by atoms with E-state index in [1.807, 2.05) is 0 Å². The number of aromatic amines is 1. The number of aromatic nitrogens is 1. The summed E-state index contributed by atoms with van der Waals surface area (Å²) in [5.41, 5.74) is -2.70. The van der Waals surface area contributed by atoms with Crippen molar-refractivity contribution in [3.8, 4) is 0 Å². The van der Waals surface area contributed by atoms with E-state index >= 15 is 0 Å². The Balaban J connectivity index is 2.33. The molecular weight excluding hydrogens is 289 g/mol. The highest BCUT2D eigenvalue weighted by molar-refractivity contribution is 6.00. The summed E-state index contributed by atoms with van der Waals surface area (Å²) in [6, 6.07) is 5.86. The minimum atomic E-state index is -5.12. The lowest BCUT2D eigenvalue weighted by Gasteiger charge is -2.28. The molecule has 2 rings (SSSR count). The van der Waals surface area contributed by atoms with Crippen LogP contribution in [0.15, 0.2) is 30.5 Å². The zero-order chi connectivity index (χ0) is 15.8. The fraction of sp³-hybridized carbons (Fsp3) is 0.231. The number of benzene rings is 1. The van der Waals surface area contributed by atoms with Crippen LogP contribution in [-0.4, -0.2) is 33.7 Å². The fourth-order valence-corrected chi connectivity index (χ4v) is 1.74. The molecular formula is C13H11F3N2O3. The van der Waals surface area contributed by atoms with Gasteiger partial charge in [-0.1, -0.05) is 0 Å². The molecule has 2 aromatic rings.